The Kier molecular flexibility index (Phi) is 8.31. The van der Waals surface area contributed by atoms with Gasteiger partial charge in [0.15, 0.2) is 6.61 Å². The molecule has 2 aromatic rings. The molecule has 9 heteroatoms. The van der Waals surface area contributed by atoms with Crippen LogP contribution in [0.1, 0.15) is 32.3 Å². The second-order valence-corrected chi connectivity index (χ2v) is 9.72. The Labute approximate surface area is 195 Å². The lowest BCUT2D eigenvalue weighted by atomic mass is 10.2. The summed E-state index contributed by atoms with van der Waals surface area (Å²) in [5.74, 6) is 0.137. The Balaban J connectivity index is 1.78. The fourth-order valence-electron chi connectivity index (χ4n) is 3.85. The van der Waals surface area contributed by atoms with Crippen LogP contribution in [0.15, 0.2) is 47.4 Å². The molecule has 0 aromatic heterocycles. The van der Waals surface area contributed by atoms with E-state index in [1.807, 2.05) is 0 Å². The van der Waals surface area contributed by atoms with Crippen LogP contribution < -0.4 is 15.0 Å². The summed E-state index contributed by atoms with van der Waals surface area (Å²) in [4.78, 5) is 15.0. The third-order valence-electron chi connectivity index (χ3n) is 5.61. The zero-order chi connectivity index (χ0) is 23.8. The Hall–Kier alpha value is -3.09. The summed E-state index contributed by atoms with van der Waals surface area (Å²) in [5, 5.41) is 11.6. The number of nitrogens with zero attached hydrogens (tertiary/aromatic N) is 3. The minimum absolute atomic E-state index is 0.151. The van der Waals surface area contributed by atoms with Crippen LogP contribution in [0.2, 0.25) is 0 Å². The molecule has 1 saturated heterocycles. The maximum absolute atomic E-state index is 13.0. The van der Waals surface area contributed by atoms with Crippen LogP contribution in [0, 0.1) is 11.3 Å². The van der Waals surface area contributed by atoms with E-state index in [4.69, 9.17) is 10.00 Å². The first-order valence-electron chi connectivity index (χ1n) is 11.2. The SMILES string of the molecule is CCN(CC)S(=O)(=O)c1ccc(N2CCCC2)c(NC(=O)COc2ccc(CC#N)cc2)c1. The van der Waals surface area contributed by atoms with Gasteiger partial charge in [0.05, 0.1) is 28.8 Å². The molecule has 1 heterocycles. The van der Waals surface area contributed by atoms with Crippen molar-refractivity contribution in [2.24, 2.45) is 0 Å². The molecule has 1 amide bonds. The first-order chi connectivity index (χ1) is 15.9. The molecule has 0 spiro atoms. The van der Waals surface area contributed by atoms with E-state index < -0.39 is 10.0 Å². The van der Waals surface area contributed by atoms with E-state index in [2.05, 4.69) is 16.3 Å². The average molecular weight is 471 g/mol. The summed E-state index contributed by atoms with van der Waals surface area (Å²) in [7, 11) is -3.65. The molecule has 0 aliphatic carbocycles. The van der Waals surface area contributed by atoms with Crippen molar-refractivity contribution < 1.29 is 17.9 Å². The number of rotatable bonds is 10. The molecular weight excluding hydrogens is 440 g/mol. The smallest absolute Gasteiger partial charge is 0.262 e. The number of amides is 1. The first-order valence-corrected chi connectivity index (χ1v) is 12.6. The van der Waals surface area contributed by atoms with Crippen LogP contribution in [0.5, 0.6) is 5.75 Å². The number of hydrogen-bond donors (Lipinski definition) is 1. The van der Waals surface area contributed by atoms with Crippen molar-refractivity contribution in [2.45, 2.75) is 38.0 Å². The van der Waals surface area contributed by atoms with Crippen molar-refractivity contribution in [3.05, 3.63) is 48.0 Å². The summed E-state index contributed by atoms with van der Waals surface area (Å²) >= 11 is 0. The van der Waals surface area contributed by atoms with Crippen molar-refractivity contribution in [3.8, 4) is 11.8 Å². The molecular formula is C24H30N4O4S. The fraction of sp³-hybridized carbons (Fsp3) is 0.417. The zero-order valence-electron chi connectivity index (χ0n) is 19.1. The van der Waals surface area contributed by atoms with E-state index in [1.165, 1.54) is 10.4 Å². The monoisotopic (exact) mass is 470 g/mol. The second-order valence-electron chi connectivity index (χ2n) is 7.78. The lowest BCUT2D eigenvalue weighted by Crippen LogP contribution is -2.31. The van der Waals surface area contributed by atoms with E-state index in [0.717, 1.165) is 37.2 Å². The summed E-state index contributed by atoms with van der Waals surface area (Å²) in [5.41, 5.74) is 2.14. The van der Waals surface area contributed by atoms with Crippen molar-refractivity contribution in [2.75, 3.05) is 43.0 Å². The number of benzene rings is 2. The molecule has 33 heavy (non-hydrogen) atoms. The number of sulfonamides is 1. The third-order valence-corrected chi connectivity index (χ3v) is 7.65. The standard InChI is InChI=1S/C24H30N4O4S/c1-3-28(4-2)33(30,31)21-11-12-23(27-15-5-6-16-27)22(17-21)26-24(29)18-32-20-9-7-19(8-10-20)13-14-25/h7-12,17H,3-6,13,15-16,18H2,1-2H3,(H,26,29). The number of ether oxygens (including phenoxy) is 1. The third kappa shape index (κ3) is 6.03. The molecule has 1 aliphatic rings. The summed E-state index contributed by atoms with van der Waals surface area (Å²) in [6.45, 7) is 5.83. The van der Waals surface area contributed by atoms with Gasteiger partial charge in [0.25, 0.3) is 5.91 Å². The van der Waals surface area contributed by atoms with Gasteiger partial charge in [-0.1, -0.05) is 26.0 Å². The van der Waals surface area contributed by atoms with Crippen LogP contribution in [-0.2, 0) is 21.2 Å². The predicted molar refractivity (Wildman–Crippen MR) is 128 cm³/mol. The molecule has 0 atom stereocenters. The Morgan fingerprint density at radius 2 is 1.79 bits per heavy atom. The summed E-state index contributed by atoms with van der Waals surface area (Å²) in [6, 6.07) is 14.0. The van der Waals surface area contributed by atoms with E-state index in [1.54, 1.807) is 50.2 Å². The second kappa shape index (κ2) is 11.2. The molecule has 1 fully saturated rings. The van der Waals surface area contributed by atoms with Crippen LogP contribution in [0.25, 0.3) is 0 Å². The summed E-state index contributed by atoms with van der Waals surface area (Å²) < 4.78 is 33.0. The number of carbonyl (C=O) groups excluding carboxylic acids is 1. The first kappa shape index (κ1) is 24.6. The number of anilines is 2. The number of hydrogen-bond acceptors (Lipinski definition) is 6. The molecule has 0 unspecified atom stereocenters. The molecule has 0 radical (unpaired) electrons. The molecule has 1 aliphatic heterocycles. The molecule has 8 nitrogen and oxygen atoms in total. The fourth-order valence-corrected chi connectivity index (χ4v) is 5.34. The highest BCUT2D eigenvalue weighted by Gasteiger charge is 2.25. The number of carbonyl (C=O) groups is 1. The molecule has 1 N–H and O–H groups in total. The van der Waals surface area contributed by atoms with Crippen molar-refractivity contribution in [1.29, 1.82) is 5.26 Å². The summed E-state index contributed by atoms with van der Waals surface area (Å²) in [6.07, 6.45) is 2.42. The largest absolute Gasteiger partial charge is 0.484 e. The van der Waals surface area contributed by atoms with E-state index in [9.17, 15) is 13.2 Å². The maximum Gasteiger partial charge on any atom is 0.262 e. The Morgan fingerprint density at radius 1 is 1.12 bits per heavy atom. The van der Waals surface area contributed by atoms with Gasteiger partial charge in [0.1, 0.15) is 5.75 Å². The van der Waals surface area contributed by atoms with Gasteiger partial charge in [-0.25, -0.2) is 8.42 Å². The molecule has 0 bridgehead atoms. The lowest BCUT2D eigenvalue weighted by Gasteiger charge is -2.24. The maximum atomic E-state index is 13.0. The minimum atomic E-state index is -3.65. The van der Waals surface area contributed by atoms with Crippen LogP contribution in [0.3, 0.4) is 0 Å². The van der Waals surface area contributed by atoms with Gasteiger partial charge >= 0.3 is 0 Å². The molecule has 3 rings (SSSR count). The van der Waals surface area contributed by atoms with E-state index in [-0.39, 0.29) is 17.4 Å². The van der Waals surface area contributed by atoms with Gasteiger partial charge in [0, 0.05) is 26.2 Å². The highest BCUT2D eigenvalue weighted by Crippen LogP contribution is 2.32. The highest BCUT2D eigenvalue weighted by atomic mass is 32.2. The van der Waals surface area contributed by atoms with Gasteiger partial charge in [-0.05, 0) is 48.7 Å². The topological polar surface area (TPSA) is 103 Å². The molecule has 2 aromatic carbocycles. The van der Waals surface area contributed by atoms with Gasteiger partial charge in [-0.2, -0.15) is 9.57 Å². The van der Waals surface area contributed by atoms with Gasteiger partial charge < -0.3 is 15.0 Å². The van der Waals surface area contributed by atoms with Gasteiger partial charge in [-0.3, -0.25) is 4.79 Å². The lowest BCUT2D eigenvalue weighted by molar-refractivity contribution is -0.118. The van der Waals surface area contributed by atoms with Crippen LogP contribution in [-0.4, -0.2) is 51.4 Å². The normalized spacial score (nSPS) is 13.7. The van der Waals surface area contributed by atoms with Crippen LogP contribution >= 0.6 is 0 Å². The Bertz CT molecular complexity index is 1100. The zero-order valence-corrected chi connectivity index (χ0v) is 19.9. The number of nitriles is 1. The average Bonchev–Trinajstić information content (AvgIpc) is 3.34. The molecule has 0 saturated carbocycles. The van der Waals surface area contributed by atoms with Crippen molar-refractivity contribution in [3.63, 3.8) is 0 Å². The van der Waals surface area contributed by atoms with Crippen LogP contribution in [0.4, 0.5) is 11.4 Å². The number of nitrogens with one attached hydrogen (secondary N) is 1. The van der Waals surface area contributed by atoms with Gasteiger partial charge in [-0.15, -0.1) is 0 Å². The van der Waals surface area contributed by atoms with E-state index >= 15 is 0 Å². The quantitative estimate of drug-likeness (QED) is 0.571. The van der Waals surface area contributed by atoms with Crippen molar-refractivity contribution in [1.82, 2.24) is 4.31 Å². The van der Waals surface area contributed by atoms with E-state index in [0.29, 0.717) is 30.9 Å². The van der Waals surface area contributed by atoms with Crippen molar-refractivity contribution >= 4 is 27.3 Å². The predicted octanol–water partition coefficient (Wildman–Crippen LogP) is 3.40. The Morgan fingerprint density at radius 3 is 2.39 bits per heavy atom. The minimum Gasteiger partial charge on any atom is -0.484 e. The molecule has 176 valence electrons. The van der Waals surface area contributed by atoms with Gasteiger partial charge in [0.2, 0.25) is 10.0 Å². The highest BCUT2D eigenvalue weighted by molar-refractivity contribution is 7.89.